The summed E-state index contributed by atoms with van der Waals surface area (Å²) in [5.41, 5.74) is 0.906. The summed E-state index contributed by atoms with van der Waals surface area (Å²) in [6, 6.07) is 11.4. The highest BCUT2D eigenvalue weighted by atomic mass is 19.1. The summed E-state index contributed by atoms with van der Waals surface area (Å²) in [5.74, 6) is -0.257. The number of methoxy groups -OCH3 is 2. The number of carbonyl (C=O) groups is 2. The highest BCUT2D eigenvalue weighted by Gasteiger charge is 2.34. The fourth-order valence-electron chi connectivity index (χ4n) is 3.08. The number of rotatable bonds is 6. The molecule has 7 heteroatoms. The number of hydrogen-bond acceptors (Lipinski definition) is 4. The van der Waals surface area contributed by atoms with E-state index < -0.39 is 5.92 Å². The lowest BCUT2D eigenvalue weighted by molar-refractivity contribution is -0.128. The van der Waals surface area contributed by atoms with Crippen LogP contribution in [0.15, 0.2) is 42.5 Å². The summed E-state index contributed by atoms with van der Waals surface area (Å²) >= 11 is 0. The molecule has 1 N–H and O–H groups in total. The molecule has 0 radical (unpaired) electrons. The number of halogens is 1. The van der Waals surface area contributed by atoms with Crippen molar-refractivity contribution in [2.75, 3.05) is 26.1 Å². The van der Waals surface area contributed by atoms with Gasteiger partial charge in [0.05, 0.1) is 25.8 Å². The normalized spacial score (nSPS) is 16.3. The first kappa shape index (κ1) is 18.7. The van der Waals surface area contributed by atoms with Gasteiger partial charge in [0.15, 0.2) is 0 Å². The van der Waals surface area contributed by atoms with Gasteiger partial charge in [-0.25, -0.2) is 4.39 Å². The fraction of sp³-hybridized carbons (Fsp3) is 0.300. The van der Waals surface area contributed by atoms with Gasteiger partial charge in [0.2, 0.25) is 11.8 Å². The standard InChI is InChI=1S/C20H21FN2O4/c1-26-15-7-8-18(27-2)17(10-15)22-20(25)14-9-19(24)23(12-14)11-13-5-3-4-6-16(13)21/h3-8,10,14H,9,11-12H2,1-2H3,(H,22,25). The molecule has 0 spiro atoms. The van der Waals surface area contributed by atoms with Gasteiger partial charge < -0.3 is 19.7 Å². The van der Waals surface area contributed by atoms with Crippen LogP contribution in [0, 0.1) is 11.7 Å². The maximum absolute atomic E-state index is 13.8. The number of nitrogens with zero attached hydrogens (tertiary/aromatic N) is 1. The minimum absolute atomic E-state index is 0.0899. The number of anilines is 1. The van der Waals surface area contributed by atoms with E-state index in [4.69, 9.17) is 9.47 Å². The van der Waals surface area contributed by atoms with Crippen molar-refractivity contribution in [3.8, 4) is 11.5 Å². The summed E-state index contributed by atoms with van der Waals surface area (Å²) in [5, 5.41) is 2.80. The first-order chi connectivity index (χ1) is 13.0. The van der Waals surface area contributed by atoms with Crippen LogP contribution in [-0.2, 0) is 16.1 Å². The third-order valence-electron chi connectivity index (χ3n) is 4.57. The summed E-state index contributed by atoms with van der Waals surface area (Å²) in [4.78, 5) is 26.4. The van der Waals surface area contributed by atoms with Crippen LogP contribution in [0.4, 0.5) is 10.1 Å². The van der Waals surface area contributed by atoms with Gasteiger partial charge in [-0.3, -0.25) is 9.59 Å². The van der Waals surface area contributed by atoms with E-state index in [0.717, 1.165) is 0 Å². The topological polar surface area (TPSA) is 67.9 Å². The van der Waals surface area contributed by atoms with E-state index in [9.17, 15) is 14.0 Å². The van der Waals surface area contributed by atoms with E-state index in [2.05, 4.69) is 5.32 Å². The molecule has 2 aromatic rings. The third-order valence-corrected chi connectivity index (χ3v) is 4.57. The first-order valence-corrected chi connectivity index (χ1v) is 8.56. The molecule has 0 aromatic heterocycles. The Bertz CT molecular complexity index is 856. The van der Waals surface area contributed by atoms with Crippen molar-refractivity contribution in [3.05, 3.63) is 53.8 Å². The average molecular weight is 372 g/mol. The van der Waals surface area contributed by atoms with Gasteiger partial charge in [0, 0.05) is 31.1 Å². The van der Waals surface area contributed by atoms with Crippen molar-refractivity contribution in [3.63, 3.8) is 0 Å². The Kier molecular flexibility index (Phi) is 5.59. The lowest BCUT2D eigenvalue weighted by Gasteiger charge is -2.17. The molecule has 6 nitrogen and oxygen atoms in total. The van der Waals surface area contributed by atoms with E-state index in [1.165, 1.54) is 25.2 Å². The Hall–Kier alpha value is -3.09. The van der Waals surface area contributed by atoms with Gasteiger partial charge in [-0.05, 0) is 18.2 Å². The molecule has 1 fully saturated rings. The minimum atomic E-state index is -0.514. The number of nitrogens with one attached hydrogen (secondary N) is 1. The van der Waals surface area contributed by atoms with E-state index in [1.54, 1.807) is 36.4 Å². The molecule has 2 aromatic carbocycles. The van der Waals surface area contributed by atoms with E-state index >= 15 is 0 Å². The molecule has 1 aliphatic heterocycles. The number of amides is 2. The molecular formula is C20H21FN2O4. The van der Waals surface area contributed by atoms with Gasteiger partial charge in [-0.15, -0.1) is 0 Å². The number of likely N-dealkylation sites (tertiary alicyclic amines) is 1. The van der Waals surface area contributed by atoms with Gasteiger partial charge in [-0.2, -0.15) is 0 Å². The predicted octanol–water partition coefficient (Wildman–Crippen LogP) is 2.83. The molecule has 1 heterocycles. The van der Waals surface area contributed by atoms with Crippen LogP contribution in [0.1, 0.15) is 12.0 Å². The lowest BCUT2D eigenvalue weighted by atomic mass is 10.1. The zero-order valence-corrected chi connectivity index (χ0v) is 15.2. The predicted molar refractivity (Wildman–Crippen MR) is 98.1 cm³/mol. The van der Waals surface area contributed by atoms with Crippen LogP contribution in [0.3, 0.4) is 0 Å². The van der Waals surface area contributed by atoms with Gasteiger partial charge in [0.1, 0.15) is 17.3 Å². The molecule has 27 heavy (non-hydrogen) atoms. The zero-order valence-electron chi connectivity index (χ0n) is 15.2. The van der Waals surface area contributed by atoms with Crippen LogP contribution in [-0.4, -0.2) is 37.5 Å². The second-order valence-corrected chi connectivity index (χ2v) is 6.32. The molecule has 1 atom stereocenters. The maximum Gasteiger partial charge on any atom is 0.229 e. The van der Waals surface area contributed by atoms with Crippen molar-refractivity contribution in [2.45, 2.75) is 13.0 Å². The SMILES string of the molecule is COc1ccc(OC)c(NC(=O)C2CC(=O)N(Cc3ccccc3F)C2)c1. The smallest absolute Gasteiger partial charge is 0.229 e. The summed E-state index contributed by atoms with van der Waals surface area (Å²) in [7, 11) is 3.04. The largest absolute Gasteiger partial charge is 0.497 e. The quantitative estimate of drug-likeness (QED) is 0.847. The van der Waals surface area contributed by atoms with Crippen molar-refractivity contribution < 1.29 is 23.5 Å². The molecule has 0 aliphatic carbocycles. The van der Waals surface area contributed by atoms with Crippen LogP contribution >= 0.6 is 0 Å². The Labute approximate surface area is 156 Å². The van der Waals surface area contributed by atoms with E-state index in [-0.39, 0.29) is 37.1 Å². The molecule has 1 aliphatic rings. The number of hydrogen-bond donors (Lipinski definition) is 1. The number of carbonyl (C=O) groups excluding carboxylic acids is 2. The lowest BCUT2D eigenvalue weighted by Crippen LogP contribution is -2.28. The molecular weight excluding hydrogens is 351 g/mol. The second kappa shape index (κ2) is 8.07. The summed E-state index contributed by atoms with van der Waals surface area (Å²) in [6.45, 7) is 0.392. The summed E-state index contributed by atoms with van der Waals surface area (Å²) < 4.78 is 24.2. The van der Waals surface area contributed by atoms with Crippen LogP contribution in [0.25, 0.3) is 0 Å². The molecule has 0 bridgehead atoms. The maximum atomic E-state index is 13.8. The Balaban J connectivity index is 1.68. The molecule has 0 saturated carbocycles. The minimum Gasteiger partial charge on any atom is -0.497 e. The van der Waals surface area contributed by atoms with Crippen molar-refractivity contribution in [2.24, 2.45) is 5.92 Å². The molecule has 142 valence electrons. The molecule has 3 rings (SSSR count). The molecule has 2 amide bonds. The second-order valence-electron chi connectivity index (χ2n) is 6.32. The highest BCUT2D eigenvalue weighted by Crippen LogP contribution is 2.30. The monoisotopic (exact) mass is 372 g/mol. The number of benzene rings is 2. The van der Waals surface area contributed by atoms with Crippen LogP contribution in [0.2, 0.25) is 0 Å². The number of ether oxygens (including phenoxy) is 2. The highest BCUT2D eigenvalue weighted by molar-refractivity contribution is 5.98. The third kappa shape index (κ3) is 4.19. The van der Waals surface area contributed by atoms with Gasteiger partial charge in [0.25, 0.3) is 0 Å². The van der Waals surface area contributed by atoms with Crippen molar-refractivity contribution in [1.82, 2.24) is 4.90 Å². The summed E-state index contributed by atoms with van der Waals surface area (Å²) in [6.07, 6.45) is 0.0899. The Morgan fingerprint density at radius 2 is 2.00 bits per heavy atom. The van der Waals surface area contributed by atoms with E-state index in [0.29, 0.717) is 22.7 Å². The molecule has 1 saturated heterocycles. The first-order valence-electron chi connectivity index (χ1n) is 8.56. The van der Waals surface area contributed by atoms with Crippen LogP contribution in [0.5, 0.6) is 11.5 Å². The van der Waals surface area contributed by atoms with Crippen molar-refractivity contribution in [1.29, 1.82) is 0 Å². The van der Waals surface area contributed by atoms with Gasteiger partial charge in [-0.1, -0.05) is 18.2 Å². The zero-order chi connectivity index (χ0) is 19.4. The van der Waals surface area contributed by atoms with Gasteiger partial charge >= 0.3 is 0 Å². The van der Waals surface area contributed by atoms with E-state index in [1.807, 2.05) is 0 Å². The fourth-order valence-corrected chi connectivity index (χ4v) is 3.08. The Morgan fingerprint density at radius 3 is 2.70 bits per heavy atom. The average Bonchev–Trinajstić information content (AvgIpc) is 3.04. The Morgan fingerprint density at radius 1 is 1.22 bits per heavy atom. The van der Waals surface area contributed by atoms with Crippen LogP contribution < -0.4 is 14.8 Å². The van der Waals surface area contributed by atoms with Crippen molar-refractivity contribution >= 4 is 17.5 Å². The molecule has 1 unspecified atom stereocenters.